The molecule has 0 spiro atoms. The number of halogens is 3. The Balaban J connectivity index is 1.89. The van der Waals surface area contributed by atoms with E-state index in [4.69, 9.17) is 14.2 Å². The second-order valence-electron chi connectivity index (χ2n) is 8.10. The summed E-state index contributed by atoms with van der Waals surface area (Å²) in [5.74, 6) is 0.671. The van der Waals surface area contributed by atoms with E-state index >= 15 is 0 Å². The van der Waals surface area contributed by atoms with E-state index in [0.717, 1.165) is 10.7 Å². The van der Waals surface area contributed by atoms with Crippen LogP contribution in [0.25, 0.3) is 16.9 Å². The molecule has 0 bridgehead atoms. The molecule has 3 heterocycles. The Morgan fingerprint density at radius 3 is 2.23 bits per heavy atom. The second kappa shape index (κ2) is 10.8. The standard InChI is InChI=1S/C25H24F3N7O4/c1-13-6-20(25(26,27)28)34-35(13)22-19(14-7-18(23(36)39-5)21(29-2)30-11-14)12-31-24(33-22)32-15-8-16(37-3)10-17(9-15)38-4/h6-12H,1-5H3,(H,29,30)(H,31,32,33). The number of aryl methyl sites for hydroxylation is 1. The summed E-state index contributed by atoms with van der Waals surface area (Å²) in [6.07, 6.45) is -1.84. The van der Waals surface area contributed by atoms with Gasteiger partial charge < -0.3 is 24.8 Å². The summed E-state index contributed by atoms with van der Waals surface area (Å²) in [7, 11) is 5.80. The van der Waals surface area contributed by atoms with E-state index in [2.05, 4.69) is 30.7 Å². The van der Waals surface area contributed by atoms with Crippen LogP contribution in [-0.2, 0) is 10.9 Å². The molecule has 0 saturated carbocycles. The lowest BCUT2D eigenvalue weighted by atomic mass is 10.1. The van der Waals surface area contributed by atoms with E-state index < -0.39 is 17.8 Å². The maximum Gasteiger partial charge on any atom is 0.435 e. The largest absolute Gasteiger partial charge is 0.497 e. The number of nitrogens with zero attached hydrogens (tertiary/aromatic N) is 5. The molecule has 4 rings (SSSR count). The summed E-state index contributed by atoms with van der Waals surface area (Å²) >= 11 is 0. The lowest BCUT2D eigenvalue weighted by Crippen LogP contribution is -2.11. The summed E-state index contributed by atoms with van der Waals surface area (Å²) in [4.78, 5) is 25.4. The first-order valence-electron chi connectivity index (χ1n) is 11.4. The monoisotopic (exact) mass is 543 g/mol. The lowest BCUT2D eigenvalue weighted by Gasteiger charge is -2.15. The molecule has 0 aliphatic rings. The van der Waals surface area contributed by atoms with Crippen LogP contribution in [0.5, 0.6) is 11.5 Å². The van der Waals surface area contributed by atoms with E-state index in [0.29, 0.717) is 22.7 Å². The number of aromatic nitrogens is 5. The number of hydrogen-bond donors (Lipinski definition) is 2. The fourth-order valence-electron chi connectivity index (χ4n) is 3.71. The smallest absolute Gasteiger partial charge is 0.435 e. The Morgan fingerprint density at radius 1 is 0.974 bits per heavy atom. The fraction of sp³-hybridized carbons (Fsp3) is 0.240. The molecular weight excluding hydrogens is 519 g/mol. The molecule has 0 unspecified atom stereocenters. The van der Waals surface area contributed by atoms with Gasteiger partial charge in [0.2, 0.25) is 5.95 Å². The number of anilines is 3. The third-order valence-corrected chi connectivity index (χ3v) is 5.60. The number of nitrogens with one attached hydrogen (secondary N) is 2. The number of esters is 1. The molecule has 14 heteroatoms. The van der Waals surface area contributed by atoms with Crippen LogP contribution in [0.3, 0.4) is 0 Å². The van der Waals surface area contributed by atoms with E-state index in [-0.39, 0.29) is 34.4 Å². The number of hydrogen-bond acceptors (Lipinski definition) is 10. The Labute approximate surface area is 221 Å². The van der Waals surface area contributed by atoms with Crippen molar-refractivity contribution in [2.75, 3.05) is 39.0 Å². The minimum absolute atomic E-state index is 0.0187. The van der Waals surface area contributed by atoms with Crippen LogP contribution < -0.4 is 20.1 Å². The third-order valence-electron chi connectivity index (χ3n) is 5.60. The van der Waals surface area contributed by atoms with Gasteiger partial charge in [-0.3, -0.25) is 0 Å². The van der Waals surface area contributed by atoms with Gasteiger partial charge in [0.25, 0.3) is 0 Å². The van der Waals surface area contributed by atoms with Gasteiger partial charge in [-0.05, 0) is 19.1 Å². The van der Waals surface area contributed by atoms with Crippen molar-refractivity contribution in [3.05, 3.63) is 59.7 Å². The van der Waals surface area contributed by atoms with Gasteiger partial charge in [-0.1, -0.05) is 0 Å². The molecule has 39 heavy (non-hydrogen) atoms. The molecule has 0 amide bonds. The second-order valence-corrected chi connectivity index (χ2v) is 8.10. The highest BCUT2D eigenvalue weighted by atomic mass is 19.4. The first-order chi connectivity index (χ1) is 18.6. The first-order valence-corrected chi connectivity index (χ1v) is 11.4. The van der Waals surface area contributed by atoms with Crippen LogP contribution in [0.1, 0.15) is 21.7 Å². The molecule has 0 aliphatic heterocycles. The summed E-state index contributed by atoms with van der Waals surface area (Å²) in [6, 6.07) is 7.41. The summed E-state index contributed by atoms with van der Waals surface area (Å²) in [5.41, 5.74) is 0.319. The molecule has 0 fully saturated rings. The van der Waals surface area contributed by atoms with Gasteiger partial charge in [0.05, 0.1) is 21.3 Å². The minimum atomic E-state index is -4.67. The molecule has 2 N–H and O–H groups in total. The number of carbonyl (C=O) groups is 1. The number of pyridine rings is 1. The molecule has 0 aliphatic carbocycles. The van der Waals surface area contributed by atoms with Gasteiger partial charge in [0, 0.05) is 60.1 Å². The van der Waals surface area contributed by atoms with Crippen molar-refractivity contribution in [1.82, 2.24) is 24.7 Å². The molecule has 1 aromatic carbocycles. The predicted molar refractivity (Wildman–Crippen MR) is 136 cm³/mol. The Hall–Kier alpha value is -4.88. The summed E-state index contributed by atoms with van der Waals surface area (Å²) in [6.45, 7) is 1.47. The molecule has 4 aromatic rings. The zero-order valence-corrected chi connectivity index (χ0v) is 21.5. The topological polar surface area (TPSA) is 125 Å². The SMILES string of the molecule is CNc1ncc(-c2cnc(Nc3cc(OC)cc(OC)c3)nc2-n2nc(C(F)(F)F)cc2C)cc1C(=O)OC. The van der Waals surface area contributed by atoms with Crippen LogP contribution in [-0.4, -0.2) is 59.1 Å². The third kappa shape index (κ3) is 5.68. The average molecular weight is 544 g/mol. The Morgan fingerprint density at radius 2 is 1.67 bits per heavy atom. The summed E-state index contributed by atoms with van der Waals surface area (Å²) < 4.78 is 56.9. The lowest BCUT2D eigenvalue weighted by molar-refractivity contribution is -0.141. The van der Waals surface area contributed by atoms with Gasteiger partial charge >= 0.3 is 12.1 Å². The number of methoxy groups -OCH3 is 3. The Bertz CT molecular complexity index is 1500. The number of rotatable bonds is 8. The van der Waals surface area contributed by atoms with Crippen molar-refractivity contribution in [3.63, 3.8) is 0 Å². The molecular formula is C25H24F3N7O4. The van der Waals surface area contributed by atoms with Crippen molar-refractivity contribution in [2.45, 2.75) is 13.1 Å². The van der Waals surface area contributed by atoms with Crippen LogP contribution >= 0.6 is 0 Å². The quantitative estimate of drug-likeness (QED) is 0.304. The highest BCUT2D eigenvalue weighted by Crippen LogP contribution is 2.33. The highest BCUT2D eigenvalue weighted by Gasteiger charge is 2.35. The number of benzene rings is 1. The van der Waals surface area contributed by atoms with Gasteiger partial charge in [-0.15, -0.1) is 0 Å². The van der Waals surface area contributed by atoms with Gasteiger partial charge in [0.15, 0.2) is 11.5 Å². The zero-order chi connectivity index (χ0) is 28.3. The minimum Gasteiger partial charge on any atom is -0.497 e. The van der Waals surface area contributed by atoms with Gasteiger partial charge in [0.1, 0.15) is 22.9 Å². The van der Waals surface area contributed by atoms with Crippen LogP contribution in [0.2, 0.25) is 0 Å². The zero-order valence-electron chi connectivity index (χ0n) is 21.5. The van der Waals surface area contributed by atoms with E-state index in [1.807, 2.05) is 0 Å². The van der Waals surface area contributed by atoms with E-state index in [1.54, 1.807) is 25.2 Å². The maximum absolute atomic E-state index is 13.5. The average Bonchev–Trinajstić information content (AvgIpc) is 3.34. The normalized spacial score (nSPS) is 11.2. The predicted octanol–water partition coefficient (Wildman–Crippen LogP) is 4.64. The van der Waals surface area contributed by atoms with Crippen LogP contribution in [0, 0.1) is 6.92 Å². The molecule has 11 nitrogen and oxygen atoms in total. The van der Waals surface area contributed by atoms with Gasteiger partial charge in [-0.25, -0.2) is 19.4 Å². The van der Waals surface area contributed by atoms with Crippen molar-refractivity contribution in [1.29, 1.82) is 0 Å². The van der Waals surface area contributed by atoms with Crippen LogP contribution in [0.4, 0.5) is 30.6 Å². The summed E-state index contributed by atoms with van der Waals surface area (Å²) in [5, 5.41) is 9.57. The molecule has 0 atom stereocenters. The van der Waals surface area contributed by atoms with E-state index in [9.17, 15) is 18.0 Å². The van der Waals surface area contributed by atoms with Gasteiger partial charge in [-0.2, -0.15) is 23.3 Å². The van der Waals surface area contributed by atoms with Crippen molar-refractivity contribution in [2.24, 2.45) is 0 Å². The molecule has 0 radical (unpaired) electrons. The first kappa shape index (κ1) is 27.2. The Kier molecular flexibility index (Phi) is 7.56. The van der Waals surface area contributed by atoms with E-state index in [1.165, 1.54) is 46.7 Å². The maximum atomic E-state index is 13.5. The fourth-order valence-corrected chi connectivity index (χ4v) is 3.71. The number of carbonyl (C=O) groups excluding carboxylic acids is 1. The molecule has 204 valence electrons. The van der Waals surface area contributed by atoms with Crippen molar-refractivity contribution < 1.29 is 32.2 Å². The molecule has 3 aromatic heterocycles. The molecule has 0 saturated heterocycles. The highest BCUT2D eigenvalue weighted by molar-refractivity contribution is 5.96. The number of ether oxygens (including phenoxy) is 3. The van der Waals surface area contributed by atoms with Crippen molar-refractivity contribution in [3.8, 4) is 28.4 Å². The number of alkyl halides is 3. The van der Waals surface area contributed by atoms with Crippen LogP contribution in [0.15, 0.2) is 42.7 Å². The van der Waals surface area contributed by atoms with Crippen molar-refractivity contribution >= 4 is 23.4 Å².